The SMILES string of the molecule is CC[C@@H](c1cc(C)ccc1-c1cc(-c2ccc(C)cc2)c2cc(C)ccc2n1)C(C)(CC)CO/C(C)=C\C(C)O. The molecule has 1 N–H and O–H groups in total. The molecule has 0 radical (unpaired) electrons. The van der Waals surface area contributed by atoms with Crippen molar-refractivity contribution in [3.8, 4) is 22.4 Å². The monoisotopic (exact) mass is 535 g/mol. The first kappa shape index (κ1) is 29.6. The number of rotatable bonds is 10. The fourth-order valence-corrected chi connectivity index (χ4v) is 5.86. The van der Waals surface area contributed by atoms with Crippen LogP contribution in [0.3, 0.4) is 0 Å². The summed E-state index contributed by atoms with van der Waals surface area (Å²) < 4.78 is 6.23. The highest BCUT2D eigenvalue weighted by atomic mass is 16.5. The third-order valence-corrected chi connectivity index (χ3v) is 8.35. The van der Waals surface area contributed by atoms with Gasteiger partial charge in [0, 0.05) is 16.4 Å². The zero-order valence-electron chi connectivity index (χ0n) is 25.5. The molecule has 1 heterocycles. The standard InChI is InChI=1S/C37H45NO2/c1-9-34(37(8,10-2)23-40-28(7)21-27(6)39)32-19-25(4)13-17-30(32)36-22-31(29-15-11-24(3)12-16-29)33-20-26(5)14-18-35(33)38-36/h11-22,27,34,39H,9-10,23H2,1-8H3/b28-21-/t27?,34-,37?/m0/s1. The van der Waals surface area contributed by atoms with Crippen molar-refractivity contribution in [1.82, 2.24) is 4.98 Å². The minimum Gasteiger partial charge on any atom is -0.498 e. The smallest absolute Gasteiger partial charge is 0.0936 e. The summed E-state index contributed by atoms with van der Waals surface area (Å²) in [5.74, 6) is 1.04. The summed E-state index contributed by atoms with van der Waals surface area (Å²) in [6.45, 7) is 17.6. The van der Waals surface area contributed by atoms with Gasteiger partial charge in [-0.3, -0.25) is 0 Å². The van der Waals surface area contributed by atoms with Gasteiger partial charge in [0.1, 0.15) is 0 Å². The van der Waals surface area contributed by atoms with E-state index in [1.807, 2.05) is 6.92 Å². The van der Waals surface area contributed by atoms with Gasteiger partial charge in [0.15, 0.2) is 0 Å². The highest BCUT2D eigenvalue weighted by Crippen LogP contribution is 2.46. The van der Waals surface area contributed by atoms with Gasteiger partial charge in [0.05, 0.1) is 29.7 Å². The first-order valence-electron chi connectivity index (χ1n) is 14.6. The van der Waals surface area contributed by atoms with E-state index in [0.717, 1.165) is 29.8 Å². The van der Waals surface area contributed by atoms with Crippen LogP contribution >= 0.6 is 0 Å². The van der Waals surface area contributed by atoms with Crippen molar-refractivity contribution in [3.05, 3.63) is 101 Å². The van der Waals surface area contributed by atoms with Gasteiger partial charge < -0.3 is 9.84 Å². The zero-order valence-corrected chi connectivity index (χ0v) is 25.5. The van der Waals surface area contributed by atoms with Crippen molar-refractivity contribution < 1.29 is 9.84 Å². The Labute approximate surface area is 241 Å². The molecule has 0 aliphatic heterocycles. The summed E-state index contributed by atoms with van der Waals surface area (Å²) >= 11 is 0. The molecule has 0 aliphatic rings. The van der Waals surface area contributed by atoms with Crippen molar-refractivity contribution in [2.24, 2.45) is 5.41 Å². The molecule has 3 aromatic carbocycles. The lowest BCUT2D eigenvalue weighted by atomic mass is 9.69. The van der Waals surface area contributed by atoms with E-state index < -0.39 is 6.10 Å². The van der Waals surface area contributed by atoms with Crippen LogP contribution in [0.2, 0.25) is 0 Å². The molecule has 40 heavy (non-hydrogen) atoms. The number of fused-ring (bicyclic) bond motifs is 1. The van der Waals surface area contributed by atoms with E-state index in [1.165, 1.54) is 44.3 Å². The molecule has 0 fully saturated rings. The molecule has 0 saturated carbocycles. The Balaban J connectivity index is 1.88. The average molecular weight is 536 g/mol. The second kappa shape index (κ2) is 12.4. The van der Waals surface area contributed by atoms with Crippen LogP contribution in [-0.2, 0) is 4.74 Å². The van der Waals surface area contributed by atoms with Gasteiger partial charge in [-0.2, -0.15) is 0 Å². The number of benzene rings is 3. The summed E-state index contributed by atoms with van der Waals surface area (Å²) in [5.41, 5.74) is 10.6. The summed E-state index contributed by atoms with van der Waals surface area (Å²) in [7, 11) is 0. The maximum absolute atomic E-state index is 9.78. The molecule has 0 aliphatic carbocycles. The van der Waals surface area contributed by atoms with Crippen LogP contribution in [0.25, 0.3) is 33.3 Å². The highest BCUT2D eigenvalue weighted by molar-refractivity contribution is 5.97. The predicted octanol–water partition coefficient (Wildman–Crippen LogP) is 9.71. The maximum atomic E-state index is 9.78. The molecular formula is C37H45NO2. The van der Waals surface area contributed by atoms with Crippen molar-refractivity contribution >= 4 is 10.9 Å². The van der Waals surface area contributed by atoms with E-state index in [1.54, 1.807) is 13.0 Å². The molecule has 4 rings (SSSR count). The minimum absolute atomic E-state index is 0.0984. The zero-order chi connectivity index (χ0) is 29.0. The number of aliphatic hydroxyl groups is 1. The van der Waals surface area contributed by atoms with Crippen LogP contribution < -0.4 is 0 Å². The van der Waals surface area contributed by atoms with Gasteiger partial charge in [0.25, 0.3) is 0 Å². The summed E-state index contributed by atoms with van der Waals surface area (Å²) in [6, 6.07) is 24.4. The number of aliphatic hydroxyl groups excluding tert-OH is 1. The first-order chi connectivity index (χ1) is 19.0. The van der Waals surface area contributed by atoms with Crippen molar-refractivity contribution in [3.63, 3.8) is 0 Å². The van der Waals surface area contributed by atoms with Gasteiger partial charge in [0.2, 0.25) is 0 Å². The molecule has 210 valence electrons. The Morgan fingerprint density at radius 3 is 2.20 bits per heavy atom. The number of aromatic nitrogens is 1. The molecule has 1 aromatic heterocycles. The summed E-state index contributed by atoms with van der Waals surface area (Å²) in [5, 5.41) is 11.0. The Hall–Kier alpha value is -3.43. The maximum Gasteiger partial charge on any atom is 0.0936 e. The average Bonchev–Trinajstić information content (AvgIpc) is 2.92. The molecule has 3 atom stereocenters. The molecular weight excluding hydrogens is 490 g/mol. The Morgan fingerprint density at radius 2 is 1.55 bits per heavy atom. The molecule has 3 heteroatoms. The lowest BCUT2D eigenvalue weighted by molar-refractivity contribution is 0.0729. The quantitative estimate of drug-likeness (QED) is 0.206. The van der Waals surface area contributed by atoms with Gasteiger partial charge in [-0.05, 0) is 94.3 Å². The predicted molar refractivity (Wildman–Crippen MR) is 170 cm³/mol. The Bertz CT molecular complexity index is 1500. The van der Waals surface area contributed by atoms with E-state index in [0.29, 0.717) is 6.61 Å². The fraction of sp³-hybridized carbons (Fsp3) is 0.378. The first-order valence-corrected chi connectivity index (χ1v) is 14.6. The second-order valence-corrected chi connectivity index (χ2v) is 11.8. The van der Waals surface area contributed by atoms with Crippen molar-refractivity contribution in [1.29, 1.82) is 0 Å². The minimum atomic E-state index is -0.524. The van der Waals surface area contributed by atoms with Gasteiger partial charge in [-0.25, -0.2) is 4.98 Å². The highest BCUT2D eigenvalue weighted by Gasteiger charge is 2.35. The molecule has 4 aromatic rings. The van der Waals surface area contributed by atoms with Gasteiger partial charge >= 0.3 is 0 Å². The van der Waals surface area contributed by atoms with E-state index in [-0.39, 0.29) is 11.3 Å². The van der Waals surface area contributed by atoms with E-state index in [4.69, 9.17) is 9.72 Å². The number of hydrogen-bond acceptors (Lipinski definition) is 3. The third-order valence-electron chi connectivity index (χ3n) is 8.35. The molecule has 0 saturated heterocycles. The topological polar surface area (TPSA) is 42.4 Å². The van der Waals surface area contributed by atoms with Crippen LogP contribution in [0.15, 0.2) is 78.6 Å². The number of ether oxygens (including phenoxy) is 1. The second-order valence-electron chi connectivity index (χ2n) is 11.8. The van der Waals surface area contributed by atoms with Crippen LogP contribution in [-0.4, -0.2) is 22.8 Å². The van der Waals surface area contributed by atoms with Crippen LogP contribution in [0, 0.1) is 26.2 Å². The molecule has 2 unspecified atom stereocenters. The molecule has 0 bridgehead atoms. The summed E-state index contributed by atoms with van der Waals surface area (Å²) in [6.07, 6.45) is 3.20. The van der Waals surface area contributed by atoms with Crippen molar-refractivity contribution in [2.45, 2.75) is 80.3 Å². The molecule has 0 amide bonds. The number of allylic oxidation sites excluding steroid dienone is 1. The number of aryl methyl sites for hydroxylation is 3. The summed E-state index contributed by atoms with van der Waals surface area (Å²) in [4.78, 5) is 5.24. The number of nitrogens with zero attached hydrogens (tertiary/aromatic N) is 1. The van der Waals surface area contributed by atoms with Crippen LogP contribution in [0.4, 0.5) is 0 Å². The normalized spacial score (nSPS) is 15.1. The van der Waals surface area contributed by atoms with Gasteiger partial charge in [-0.1, -0.05) is 86.0 Å². The van der Waals surface area contributed by atoms with Crippen molar-refractivity contribution in [2.75, 3.05) is 6.61 Å². The van der Waals surface area contributed by atoms with E-state index in [2.05, 4.69) is 108 Å². The third kappa shape index (κ3) is 6.47. The Kier molecular flexibility index (Phi) is 9.15. The molecule has 3 nitrogen and oxygen atoms in total. The largest absolute Gasteiger partial charge is 0.498 e. The van der Waals surface area contributed by atoms with Crippen LogP contribution in [0.5, 0.6) is 0 Å². The number of pyridine rings is 1. The lowest BCUT2D eigenvalue weighted by Gasteiger charge is -2.38. The number of hydrogen-bond donors (Lipinski definition) is 1. The van der Waals surface area contributed by atoms with E-state index >= 15 is 0 Å². The fourth-order valence-electron chi connectivity index (χ4n) is 5.86. The molecule has 0 spiro atoms. The Morgan fingerprint density at radius 1 is 0.900 bits per heavy atom. The van der Waals surface area contributed by atoms with E-state index in [9.17, 15) is 5.11 Å². The van der Waals surface area contributed by atoms with Crippen LogP contribution in [0.1, 0.15) is 75.6 Å². The lowest BCUT2D eigenvalue weighted by Crippen LogP contribution is -2.30. The van der Waals surface area contributed by atoms with Gasteiger partial charge in [-0.15, -0.1) is 0 Å².